The van der Waals surface area contributed by atoms with Gasteiger partial charge in [-0.2, -0.15) is 5.10 Å². The maximum Gasteiger partial charge on any atom is 0.251 e. The molecule has 4 aromatic rings. The molecule has 0 radical (unpaired) electrons. The Kier molecular flexibility index (Phi) is 6.60. The number of rotatable bonds is 10. The van der Waals surface area contributed by atoms with Crippen LogP contribution in [0.1, 0.15) is 78.7 Å². The predicted molar refractivity (Wildman–Crippen MR) is 166 cm³/mol. The summed E-state index contributed by atoms with van der Waals surface area (Å²) >= 11 is 6.23. The molecule has 1 aliphatic heterocycles. The number of aromatic nitrogens is 3. The van der Waals surface area contributed by atoms with E-state index < -0.39 is 28.6 Å². The van der Waals surface area contributed by atoms with Crippen LogP contribution in [0.2, 0.25) is 5.02 Å². The number of ether oxygens (including phenoxy) is 2. The van der Waals surface area contributed by atoms with Crippen molar-refractivity contribution in [3.05, 3.63) is 75.8 Å². The second-order valence-corrected chi connectivity index (χ2v) is 13.7. The number of fused-ring (bicyclic) bond motifs is 2. The number of halogens is 2. The second kappa shape index (κ2) is 10.4. The van der Waals surface area contributed by atoms with E-state index >= 15 is 4.39 Å². The number of carbonyl (C=O) groups is 2. The first-order valence-corrected chi connectivity index (χ1v) is 16.1. The molecule has 12 heteroatoms. The lowest BCUT2D eigenvalue weighted by Crippen LogP contribution is -2.44. The topological polar surface area (TPSA) is 141 Å². The molecule has 3 fully saturated rings. The van der Waals surface area contributed by atoms with Gasteiger partial charge < -0.3 is 25.6 Å². The van der Waals surface area contributed by atoms with Crippen molar-refractivity contribution in [2.75, 3.05) is 13.2 Å². The molecule has 0 bridgehead atoms. The summed E-state index contributed by atoms with van der Waals surface area (Å²) in [7, 11) is 0. The normalized spacial score (nSPS) is 21.8. The highest BCUT2D eigenvalue weighted by Gasteiger charge is 2.50. The molecule has 3 aliphatic carbocycles. The summed E-state index contributed by atoms with van der Waals surface area (Å²) < 4.78 is 29.0. The summed E-state index contributed by atoms with van der Waals surface area (Å²) in [5.41, 5.74) is 5.80. The third kappa shape index (κ3) is 4.96. The minimum atomic E-state index is -1.64. The molecule has 4 heterocycles. The van der Waals surface area contributed by atoms with E-state index in [1.807, 2.05) is 6.07 Å². The number of benzene rings is 1. The summed E-state index contributed by atoms with van der Waals surface area (Å²) in [6, 6.07) is 11.1. The minimum Gasteiger partial charge on any atom is -0.489 e. The SMILES string of the molecule is C[C@]1(C(N)=O)COc2c1cc([C@@](O)(CNC(=O)c1cc(OC3CC3)n3nc(C4CC4)cc3c1)C1CC1)nc2-c1cc(Cl)ccc1F. The summed E-state index contributed by atoms with van der Waals surface area (Å²) in [5.74, 6) is -0.709. The molecule has 0 saturated heterocycles. The molecule has 238 valence electrons. The maximum absolute atomic E-state index is 15.2. The van der Waals surface area contributed by atoms with Crippen LogP contribution in [0.4, 0.5) is 4.39 Å². The van der Waals surface area contributed by atoms with Crippen molar-refractivity contribution in [2.45, 2.75) is 68.5 Å². The molecule has 2 atom stereocenters. The van der Waals surface area contributed by atoms with E-state index in [2.05, 4.69) is 5.32 Å². The van der Waals surface area contributed by atoms with Gasteiger partial charge in [0.1, 0.15) is 41.0 Å². The van der Waals surface area contributed by atoms with Crippen LogP contribution in [0.25, 0.3) is 16.8 Å². The maximum atomic E-state index is 15.2. The van der Waals surface area contributed by atoms with Crippen LogP contribution in [-0.4, -0.2) is 50.8 Å². The summed E-state index contributed by atoms with van der Waals surface area (Å²) in [5, 5.41) is 20.2. The number of pyridine rings is 2. The molecule has 2 amide bonds. The molecule has 4 aliphatic rings. The van der Waals surface area contributed by atoms with Crippen molar-refractivity contribution in [1.82, 2.24) is 19.9 Å². The number of hydrogen-bond donors (Lipinski definition) is 3. The zero-order valence-corrected chi connectivity index (χ0v) is 25.9. The van der Waals surface area contributed by atoms with E-state index in [1.165, 1.54) is 18.2 Å². The van der Waals surface area contributed by atoms with E-state index in [4.69, 9.17) is 36.9 Å². The Morgan fingerprint density at radius 1 is 1.17 bits per heavy atom. The fraction of sp³-hybridized carbons (Fsp3) is 0.412. The van der Waals surface area contributed by atoms with Gasteiger partial charge in [-0.1, -0.05) is 11.6 Å². The van der Waals surface area contributed by atoms with Gasteiger partial charge in [-0.15, -0.1) is 0 Å². The van der Waals surface area contributed by atoms with Gasteiger partial charge in [-0.25, -0.2) is 13.9 Å². The van der Waals surface area contributed by atoms with Gasteiger partial charge in [-0.05, 0) is 87.8 Å². The van der Waals surface area contributed by atoms with Crippen molar-refractivity contribution in [3.8, 4) is 22.9 Å². The van der Waals surface area contributed by atoms with Crippen LogP contribution in [-0.2, 0) is 15.8 Å². The molecule has 4 N–H and O–H groups in total. The third-order valence-corrected chi connectivity index (χ3v) is 9.87. The first kappa shape index (κ1) is 29.2. The Labute approximate surface area is 269 Å². The number of nitrogens with two attached hydrogens (primary N) is 1. The van der Waals surface area contributed by atoms with Crippen LogP contribution in [0.3, 0.4) is 0 Å². The smallest absolute Gasteiger partial charge is 0.251 e. The van der Waals surface area contributed by atoms with Crippen LogP contribution < -0.4 is 20.5 Å². The first-order chi connectivity index (χ1) is 22.0. The van der Waals surface area contributed by atoms with Gasteiger partial charge in [-0.3, -0.25) is 9.59 Å². The van der Waals surface area contributed by atoms with E-state index in [9.17, 15) is 14.7 Å². The minimum absolute atomic E-state index is 0.0596. The van der Waals surface area contributed by atoms with Gasteiger partial charge in [0.15, 0.2) is 0 Å². The van der Waals surface area contributed by atoms with Gasteiger partial charge in [0.05, 0.1) is 23.4 Å². The van der Waals surface area contributed by atoms with Gasteiger partial charge in [0, 0.05) is 33.7 Å². The molecule has 46 heavy (non-hydrogen) atoms. The van der Waals surface area contributed by atoms with Crippen molar-refractivity contribution < 1.29 is 28.6 Å². The van der Waals surface area contributed by atoms with Gasteiger partial charge in [0.25, 0.3) is 5.91 Å². The van der Waals surface area contributed by atoms with E-state index in [0.717, 1.165) is 36.9 Å². The zero-order chi connectivity index (χ0) is 32.0. The number of nitrogens with zero attached hydrogens (tertiary/aromatic N) is 3. The molecule has 8 rings (SSSR count). The molecular formula is C34H33ClFN5O5. The van der Waals surface area contributed by atoms with E-state index in [1.54, 1.807) is 29.6 Å². The zero-order valence-electron chi connectivity index (χ0n) is 25.2. The molecule has 3 aromatic heterocycles. The van der Waals surface area contributed by atoms with Gasteiger partial charge >= 0.3 is 0 Å². The van der Waals surface area contributed by atoms with E-state index in [0.29, 0.717) is 35.8 Å². The highest BCUT2D eigenvalue weighted by Crippen LogP contribution is 2.50. The number of aliphatic hydroxyl groups is 1. The summed E-state index contributed by atoms with van der Waals surface area (Å²) in [6.45, 7) is 1.40. The van der Waals surface area contributed by atoms with Gasteiger partial charge in [0.2, 0.25) is 11.8 Å². The molecule has 10 nitrogen and oxygen atoms in total. The quantitative estimate of drug-likeness (QED) is 0.226. The van der Waals surface area contributed by atoms with Crippen LogP contribution in [0, 0.1) is 11.7 Å². The van der Waals surface area contributed by atoms with Crippen molar-refractivity contribution in [1.29, 1.82) is 0 Å². The molecule has 1 aromatic carbocycles. The standard InChI is InChI=1S/C34H33ClFN5O5/c1-33(32(37)43)16-45-30-24(33)14-27(39-29(30)23-12-20(35)6-9-25(23)36)34(44,19-4-5-19)15-38-31(42)18-10-21-13-26(17-2-3-17)40-41(21)28(11-18)46-22-7-8-22/h6,9-14,17,19,22,44H,2-5,7-8,15-16H2,1H3,(H2,37,43)(H,38,42)/t33-,34+/m0/s1. The number of amides is 2. The Hall–Kier alpha value is -4.22. The molecule has 0 unspecified atom stereocenters. The van der Waals surface area contributed by atoms with Crippen LogP contribution in [0.15, 0.2) is 42.5 Å². The number of hydrogen-bond acceptors (Lipinski definition) is 7. The summed E-state index contributed by atoms with van der Waals surface area (Å²) in [4.78, 5) is 31.1. The lowest BCUT2D eigenvalue weighted by Gasteiger charge is -2.30. The first-order valence-electron chi connectivity index (χ1n) is 15.7. The van der Waals surface area contributed by atoms with Crippen LogP contribution in [0.5, 0.6) is 11.6 Å². The van der Waals surface area contributed by atoms with E-state index in [-0.39, 0.29) is 52.9 Å². The fourth-order valence-electron chi connectivity index (χ4n) is 6.23. The lowest BCUT2D eigenvalue weighted by atomic mass is 9.81. The summed E-state index contributed by atoms with van der Waals surface area (Å²) in [6.07, 6.45) is 5.61. The van der Waals surface area contributed by atoms with Crippen molar-refractivity contribution >= 4 is 28.9 Å². The molecule has 0 spiro atoms. The highest BCUT2D eigenvalue weighted by atomic mass is 35.5. The number of nitrogens with one attached hydrogen (secondary N) is 1. The number of carbonyl (C=O) groups excluding carboxylic acids is 2. The van der Waals surface area contributed by atoms with Crippen molar-refractivity contribution in [3.63, 3.8) is 0 Å². The highest BCUT2D eigenvalue weighted by molar-refractivity contribution is 6.30. The average Bonchev–Trinajstić information content (AvgIpc) is 3.92. The monoisotopic (exact) mass is 645 g/mol. The Morgan fingerprint density at radius 3 is 2.65 bits per heavy atom. The molecule has 3 saturated carbocycles. The Bertz CT molecular complexity index is 1940. The fourth-order valence-corrected chi connectivity index (χ4v) is 6.40. The average molecular weight is 646 g/mol. The predicted octanol–water partition coefficient (Wildman–Crippen LogP) is 4.77. The molecular weight excluding hydrogens is 613 g/mol. The number of primary amides is 1. The Balaban J connectivity index is 1.16. The second-order valence-electron chi connectivity index (χ2n) is 13.3. The third-order valence-electron chi connectivity index (χ3n) is 9.63. The largest absolute Gasteiger partial charge is 0.489 e. The van der Waals surface area contributed by atoms with Crippen LogP contribution >= 0.6 is 11.6 Å². The lowest BCUT2D eigenvalue weighted by molar-refractivity contribution is -0.123. The van der Waals surface area contributed by atoms with Crippen molar-refractivity contribution in [2.24, 2.45) is 11.7 Å². The Morgan fingerprint density at radius 2 is 1.96 bits per heavy atom.